The summed E-state index contributed by atoms with van der Waals surface area (Å²) >= 11 is 7.36. The van der Waals surface area contributed by atoms with Crippen LogP contribution in [0.1, 0.15) is 36.6 Å². The number of amides is 1. The molecule has 2 aliphatic rings. The van der Waals surface area contributed by atoms with Crippen molar-refractivity contribution in [1.82, 2.24) is 25.1 Å². The minimum absolute atomic E-state index is 0.105. The second-order valence-electron chi connectivity index (χ2n) is 7.12. The Balaban J connectivity index is 1.64. The predicted octanol–water partition coefficient (Wildman–Crippen LogP) is 1.72. The third kappa shape index (κ3) is 4.40. The van der Waals surface area contributed by atoms with Gasteiger partial charge in [-0.1, -0.05) is 30.3 Å². The fourth-order valence-corrected chi connectivity index (χ4v) is 5.18. The Labute approximate surface area is 178 Å². The molecule has 0 saturated carbocycles. The van der Waals surface area contributed by atoms with Crippen molar-refractivity contribution in [3.05, 3.63) is 27.3 Å². The number of aromatic amines is 1. The smallest absolute Gasteiger partial charge is 0.344 e. The lowest BCUT2D eigenvalue weighted by molar-refractivity contribution is -0.131. The average molecular weight is 444 g/mol. The molecule has 0 radical (unpaired) electrons. The number of nitrogens with one attached hydrogen (secondary N) is 2. The number of carbonyl (C=O) groups excluding carboxylic acids is 1. The Hall–Kier alpha value is -1.75. The van der Waals surface area contributed by atoms with Crippen LogP contribution < -0.4 is 5.32 Å². The molecule has 0 bridgehead atoms. The number of hydrogen-bond donors (Lipinski definition) is 3. The number of H-pyrrole nitrogens is 1. The van der Waals surface area contributed by atoms with Crippen molar-refractivity contribution in [2.75, 3.05) is 27.2 Å². The molecule has 0 aliphatic carbocycles. The van der Waals surface area contributed by atoms with Gasteiger partial charge in [0.25, 0.3) is 5.91 Å². The largest absolute Gasteiger partial charge is 0.477 e. The number of aryl methyl sites for hydroxylation is 1. The van der Waals surface area contributed by atoms with Gasteiger partial charge in [0, 0.05) is 32.9 Å². The fraction of sp³-hybridized carbons (Fsp3) is 0.611. The van der Waals surface area contributed by atoms with E-state index in [0.29, 0.717) is 36.0 Å². The van der Waals surface area contributed by atoms with Crippen LogP contribution in [0, 0.1) is 0 Å². The molecule has 2 aliphatic heterocycles. The van der Waals surface area contributed by atoms with Crippen LogP contribution in [-0.4, -0.2) is 81.6 Å². The molecule has 0 aromatic carbocycles. The highest BCUT2D eigenvalue weighted by Gasteiger charge is 2.40. The molecule has 1 aromatic heterocycles. The van der Waals surface area contributed by atoms with E-state index in [4.69, 9.17) is 16.3 Å². The highest BCUT2D eigenvalue weighted by atomic mass is 35.5. The highest BCUT2D eigenvalue weighted by Crippen LogP contribution is 2.39. The minimum atomic E-state index is -0.907. The molecule has 1 fully saturated rings. The number of imidazole rings is 1. The van der Waals surface area contributed by atoms with Crippen LogP contribution in [0.15, 0.2) is 10.6 Å². The molecule has 9 nitrogen and oxygen atoms in total. The summed E-state index contributed by atoms with van der Waals surface area (Å²) in [6, 6.07) is -0.178. The highest BCUT2D eigenvalue weighted by molar-refractivity contribution is 8.04. The van der Waals surface area contributed by atoms with Gasteiger partial charge in [-0.3, -0.25) is 9.69 Å². The number of carboxylic acid groups (broad SMARTS) is 1. The van der Waals surface area contributed by atoms with E-state index in [1.54, 1.807) is 7.11 Å². The lowest BCUT2D eigenvalue weighted by Gasteiger charge is -2.42. The second-order valence-corrected chi connectivity index (χ2v) is 8.54. The summed E-state index contributed by atoms with van der Waals surface area (Å²) in [6.45, 7) is 5.02. The van der Waals surface area contributed by atoms with E-state index in [-0.39, 0.29) is 29.4 Å². The van der Waals surface area contributed by atoms with Gasteiger partial charge in [0.1, 0.15) is 10.4 Å². The van der Waals surface area contributed by atoms with E-state index in [1.807, 2.05) is 25.8 Å². The molecule has 1 amide bonds. The molecular weight excluding hydrogens is 418 g/mol. The Morgan fingerprint density at radius 2 is 2.21 bits per heavy atom. The molecule has 1 saturated heterocycles. The first kappa shape index (κ1) is 21.9. The number of aliphatic carboxylic acids is 1. The van der Waals surface area contributed by atoms with Crippen molar-refractivity contribution < 1.29 is 19.4 Å². The zero-order valence-corrected chi connectivity index (χ0v) is 18.4. The zero-order chi connectivity index (χ0) is 21.3. The summed E-state index contributed by atoms with van der Waals surface area (Å²) in [5.41, 5.74) is 1.37. The molecule has 29 heavy (non-hydrogen) atoms. The van der Waals surface area contributed by atoms with Crippen LogP contribution in [0.2, 0.25) is 5.15 Å². The van der Waals surface area contributed by atoms with Crippen LogP contribution >= 0.6 is 23.4 Å². The molecular formula is C18H26ClN5O4S. The summed E-state index contributed by atoms with van der Waals surface area (Å²) in [5.74, 6) is -1.03. The number of nitrogens with zero attached hydrogens (tertiary/aromatic N) is 3. The third-order valence-electron chi connectivity index (χ3n) is 5.43. The number of carbonyl (C=O) groups is 2. The van der Waals surface area contributed by atoms with Gasteiger partial charge < -0.3 is 25.0 Å². The van der Waals surface area contributed by atoms with Gasteiger partial charge in [-0.2, -0.15) is 0 Å². The van der Waals surface area contributed by atoms with E-state index < -0.39 is 5.97 Å². The van der Waals surface area contributed by atoms with Crippen molar-refractivity contribution in [3.63, 3.8) is 0 Å². The van der Waals surface area contributed by atoms with Gasteiger partial charge in [-0.25, -0.2) is 9.78 Å². The normalized spacial score (nSPS) is 25.6. The van der Waals surface area contributed by atoms with Crippen molar-refractivity contribution in [1.29, 1.82) is 0 Å². The van der Waals surface area contributed by atoms with E-state index in [9.17, 15) is 14.7 Å². The predicted molar refractivity (Wildman–Crippen MR) is 111 cm³/mol. The van der Waals surface area contributed by atoms with Crippen molar-refractivity contribution in [2.45, 2.75) is 44.3 Å². The molecule has 3 heterocycles. The van der Waals surface area contributed by atoms with Gasteiger partial charge in [0.15, 0.2) is 11.0 Å². The second kappa shape index (κ2) is 8.95. The molecule has 3 N–H and O–H groups in total. The first-order valence-corrected chi connectivity index (χ1v) is 10.7. The Morgan fingerprint density at radius 3 is 2.76 bits per heavy atom. The third-order valence-corrected chi connectivity index (χ3v) is 7.27. The Bertz CT molecular complexity index is 829. The lowest BCUT2D eigenvalue weighted by atomic mass is 10.0. The summed E-state index contributed by atoms with van der Waals surface area (Å²) in [5, 5.41) is 12.7. The molecule has 160 valence electrons. The number of aromatic nitrogens is 2. The first-order valence-electron chi connectivity index (χ1n) is 9.42. The minimum Gasteiger partial charge on any atom is -0.477 e. The zero-order valence-electron chi connectivity index (χ0n) is 16.9. The van der Waals surface area contributed by atoms with Crippen molar-refractivity contribution >= 4 is 35.2 Å². The van der Waals surface area contributed by atoms with Crippen LogP contribution in [-0.2, 0) is 16.0 Å². The van der Waals surface area contributed by atoms with E-state index in [2.05, 4.69) is 20.2 Å². The van der Waals surface area contributed by atoms with Gasteiger partial charge in [-0.15, -0.1) is 0 Å². The molecule has 3 atom stereocenters. The first-order chi connectivity index (χ1) is 13.8. The SMILES string of the molecule is CCc1[nH]c(C(=O)NC2CCN(C3SC(C(=O)O)=C(C)N3C)CC2OC)nc1Cl. The fourth-order valence-electron chi connectivity index (χ4n) is 3.63. The number of likely N-dealkylation sites (tertiary alicyclic amines) is 1. The van der Waals surface area contributed by atoms with E-state index in [0.717, 1.165) is 11.4 Å². The summed E-state index contributed by atoms with van der Waals surface area (Å²) in [6.07, 6.45) is 1.11. The molecule has 0 spiro atoms. The maximum atomic E-state index is 12.6. The molecule has 1 aromatic rings. The summed E-state index contributed by atoms with van der Waals surface area (Å²) in [4.78, 5) is 35.6. The Morgan fingerprint density at radius 1 is 1.48 bits per heavy atom. The lowest BCUT2D eigenvalue weighted by Crippen LogP contribution is -2.58. The monoisotopic (exact) mass is 443 g/mol. The van der Waals surface area contributed by atoms with Crippen LogP contribution in [0.3, 0.4) is 0 Å². The quantitative estimate of drug-likeness (QED) is 0.609. The number of carboxylic acids is 1. The van der Waals surface area contributed by atoms with Crippen LogP contribution in [0.4, 0.5) is 0 Å². The number of methoxy groups -OCH3 is 1. The van der Waals surface area contributed by atoms with Gasteiger partial charge >= 0.3 is 5.97 Å². The molecule has 3 rings (SSSR count). The molecule has 3 unspecified atom stereocenters. The average Bonchev–Trinajstić information content (AvgIpc) is 3.22. The van der Waals surface area contributed by atoms with E-state index in [1.165, 1.54) is 11.8 Å². The van der Waals surface area contributed by atoms with Gasteiger partial charge in [0.2, 0.25) is 0 Å². The number of ether oxygens (including phenoxy) is 1. The summed E-state index contributed by atoms with van der Waals surface area (Å²) in [7, 11) is 3.51. The summed E-state index contributed by atoms with van der Waals surface area (Å²) < 4.78 is 5.65. The topological polar surface area (TPSA) is 111 Å². The van der Waals surface area contributed by atoms with Crippen molar-refractivity contribution in [2.24, 2.45) is 0 Å². The number of allylic oxidation sites excluding steroid dienone is 1. The maximum Gasteiger partial charge on any atom is 0.344 e. The van der Waals surface area contributed by atoms with Crippen molar-refractivity contribution in [3.8, 4) is 0 Å². The van der Waals surface area contributed by atoms with Gasteiger partial charge in [0.05, 0.1) is 17.8 Å². The number of hydrogen-bond acceptors (Lipinski definition) is 7. The number of piperidine rings is 1. The van der Waals surface area contributed by atoms with Gasteiger partial charge in [-0.05, 0) is 19.8 Å². The van der Waals surface area contributed by atoms with Crippen LogP contribution in [0.5, 0.6) is 0 Å². The van der Waals surface area contributed by atoms with E-state index >= 15 is 0 Å². The Kier molecular flexibility index (Phi) is 6.77. The number of thioether (sulfide) groups is 1. The maximum absolute atomic E-state index is 12.6. The number of rotatable bonds is 6. The van der Waals surface area contributed by atoms with Crippen LogP contribution in [0.25, 0.3) is 0 Å². The standard InChI is InChI=1S/C18H26ClN5O4S/c1-5-10-14(19)22-15(20-10)16(25)21-11-6-7-24(8-12(11)28-4)18-23(3)9(2)13(29-18)17(26)27/h11-12,18H,5-8H2,1-4H3,(H,20,22)(H,21,25)(H,26,27). The molecule has 11 heteroatoms. The number of halogens is 1.